The number of piperidine rings is 1. The van der Waals surface area contributed by atoms with Crippen molar-refractivity contribution >= 4 is 34.8 Å². The van der Waals surface area contributed by atoms with E-state index in [-0.39, 0.29) is 30.8 Å². The van der Waals surface area contributed by atoms with Crippen molar-refractivity contribution in [3.05, 3.63) is 18.6 Å². The van der Waals surface area contributed by atoms with E-state index in [2.05, 4.69) is 27.5 Å². The second-order valence-electron chi connectivity index (χ2n) is 9.97. The summed E-state index contributed by atoms with van der Waals surface area (Å²) in [6.45, 7) is 3.53. The number of nitriles is 1. The number of carbonyl (C=O) groups excluding carboxylic acids is 3. The van der Waals surface area contributed by atoms with Crippen molar-refractivity contribution in [3.63, 3.8) is 0 Å². The Labute approximate surface area is 233 Å². The number of amides is 2. The number of nitrogens with one attached hydrogen (secondary N) is 2. The van der Waals surface area contributed by atoms with Crippen LogP contribution in [0, 0.1) is 17.2 Å². The highest BCUT2D eigenvalue weighted by Gasteiger charge is 2.33. The number of rotatable bonds is 12. The van der Waals surface area contributed by atoms with Gasteiger partial charge in [0.1, 0.15) is 30.8 Å². The summed E-state index contributed by atoms with van der Waals surface area (Å²) in [5.41, 5.74) is 5.90. The van der Waals surface area contributed by atoms with Gasteiger partial charge in [0, 0.05) is 26.3 Å². The number of hydrogen-bond acceptors (Lipinski definition) is 11. The largest absolute Gasteiger partial charge is 0.468 e. The Kier molecular flexibility index (Phi) is 11.2. The minimum atomic E-state index is -1.19. The number of anilines is 1. The fraction of sp³-hybridized carbons (Fsp3) is 0.615. The normalized spacial score (nSPS) is 18.6. The van der Waals surface area contributed by atoms with Gasteiger partial charge in [-0.25, -0.2) is 14.8 Å². The fourth-order valence-electron chi connectivity index (χ4n) is 4.96. The molecule has 4 atom stereocenters. The third-order valence-electron chi connectivity index (χ3n) is 7.29. The highest BCUT2D eigenvalue weighted by Crippen LogP contribution is 2.29. The number of aromatic nitrogens is 3. The molecule has 5 N–H and O–H groups in total. The maximum Gasteiger partial charge on any atom is 0.327 e. The van der Waals surface area contributed by atoms with E-state index in [0.717, 1.165) is 12.8 Å². The molecule has 0 bridgehead atoms. The number of likely N-dealkylation sites (tertiary alicyclic amines) is 1. The number of nitrogens with zero attached hydrogens (tertiary/aromatic N) is 6. The molecule has 1 saturated heterocycles. The molecule has 3 rings (SSSR count). The Morgan fingerprint density at radius 3 is 2.83 bits per heavy atom. The number of ether oxygens (including phenoxy) is 1. The first-order chi connectivity index (χ1) is 19.2. The molecule has 2 amide bonds. The highest BCUT2D eigenvalue weighted by atomic mass is 16.5. The number of fused-ring (bicyclic) bond motifs is 1. The van der Waals surface area contributed by atoms with Crippen molar-refractivity contribution < 1.29 is 24.2 Å². The maximum absolute atomic E-state index is 13.0. The summed E-state index contributed by atoms with van der Waals surface area (Å²) in [7, 11) is 3.17. The van der Waals surface area contributed by atoms with Gasteiger partial charge in [-0.3, -0.25) is 19.5 Å². The van der Waals surface area contributed by atoms with Gasteiger partial charge in [0.25, 0.3) is 0 Å². The second-order valence-corrected chi connectivity index (χ2v) is 9.97. The van der Waals surface area contributed by atoms with E-state index in [1.165, 1.54) is 18.0 Å². The number of aliphatic hydroxyl groups is 1. The summed E-state index contributed by atoms with van der Waals surface area (Å²) >= 11 is 0. The van der Waals surface area contributed by atoms with Crippen LogP contribution >= 0.6 is 0 Å². The van der Waals surface area contributed by atoms with Crippen molar-refractivity contribution in [1.82, 2.24) is 30.1 Å². The van der Waals surface area contributed by atoms with E-state index >= 15 is 0 Å². The number of hydrogen-bond donors (Lipinski definition) is 4. The average Bonchev–Trinajstić information content (AvgIpc) is 3.39. The molecule has 0 spiro atoms. The van der Waals surface area contributed by atoms with Crippen molar-refractivity contribution in [2.75, 3.05) is 45.2 Å². The van der Waals surface area contributed by atoms with Crippen molar-refractivity contribution in [3.8, 4) is 6.07 Å². The molecule has 0 saturated carbocycles. The van der Waals surface area contributed by atoms with Gasteiger partial charge in [-0.1, -0.05) is 13.3 Å². The van der Waals surface area contributed by atoms with Gasteiger partial charge in [0.2, 0.25) is 5.91 Å². The number of nitrogens with two attached hydrogens (primary N) is 1. The zero-order valence-corrected chi connectivity index (χ0v) is 23.2. The van der Waals surface area contributed by atoms with Crippen LogP contribution < -0.4 is 21.3 Å². The molecule has 3 heterocycles. The van der Waals surface area contributed by atoms with Gasteiger partial charge < -0.3 is 30.7 Å². The Morgan fingerprint density at radius 2 is 2.12 bits per heavy atom. The highest BCUT2D eigenvalue weighted by molar-refractivity contribution is 5.95. The van der Waals surface area contributed by atoms with Crippen LogP contribution in [0.5, 0.6) is 0 Å². The lowest BCUT2D eigenvalue weighted by atomic mass is 9.92. The number of esters is 1. The SMILES string of the molecule is COC(=O)[C@H](CCCCN)NC(O)CNC(=O)n1ccc2c(N(C)[C@H]3CN(C(=O)CC#N)CC[C@H]3C)ncnc21. The van der Waals surface area contributed by atoms with Gasteiger partial charge in [-0.15, -0.1) is 0 Å². The van der Waals surface area contributed by atoms with Crippen molar-refractivity contribution in [1.29, 1.82) is 5.26 Å². The van der Waals surface area contributed by atoms with Gasteiger partial charge in [0.15, 0.2) is 5.65 Å². The molecule has 1 unspecified atom stereocenters. The lowest BCUT2D eigenvalue weighted by Crippen LogP contribution is -2.52. The van der Waals surface area contributed by atoms with Gasteiger partial charge in [-0.2, -0.15) is 5.26 Å². The molecular formula is C26H39N9O5. The lowest BCUT2D eigenvalue weighted by Gasteiger charge is -2.42. The Bertz CT molecular complexity index is 1210. The summed E-state index contributed by atoms with van der Waals surface area (Å²) in [4.78, 5) is 49.9. The quantitative estimate of drug-likeness (QED) is 0.158. The molecule has 0 aliphatic carbocycles. The van der Waals surface area contributed by atoms with E-state index in [1.54, 1.807) is 17.2 Å². The van der Waals surface area contributed by atoms with Gasteiger partial charge in [0.05, 0.1) is 31.2 Å². The first kappa shape index (κ1) is 30.7. The zero-order chi connectivity index (χ0) is 29.2. The first-order valence-electron chi connectivity index (χ1n) is 13.4. The van der Waals surface area contributed by atoms with Gasteiger partial charge in [-0.05, 0) is 37.8 Å². The molecule has 1 fully saturated rings. The predicted molar refractivity (Wildman–Crippen MR) is 147 cm³/mol. The van der Waals surface area contributed by atoms with Crippen LogP contribution in [0.1, 0.15) is 39.0 Å². The molecule has 218 valence electrons. The predicted octanol–water partition coefficient (Wildman–Crippen LogP) is 0.154. The number of carbonyl (C=O) groups is 3. The molecule has 14 heteroatoms. The van der Waals surface area contributed by atoms with Crippen molar-refractivity contribution in [2.24, 2.45) is 11.7 Å². The molecule has 1 aliphatic rings. The van der Waals surface area contributed by atoms with E-state index in [1.807, 2.05) is 18.0 Å². The summed E-state index contributed by atoms with van der Waals surface area (Å²) in [5.74, 6) is 0.193. The van der Waals surface area contributed by atoms with Gasteiger partial charge >= 0.3 is 12.0 Å². The third kappa shape index (κ3) is 7.44. The van der Waals surface area contributed by atoms with Crippen LogP contribution in [0.2, 0.25) is 0 Å². The third-order valence-corrected chi connectivity index (χ3v) is 7.29. The van der Waals surface area contributed by atoms with E-state index in [9.17, 15) is 19.5 Å². The monoisotopic (exact) mass is 557 g/mol. The number of aliphatic hydroxyl groups excluding tert-OH is 1. The van der Waals surface area contributed by atoms with E-state index < -0.39 is 24.3 Å². The topological polar surface area (TPSA) is 192 Å². The standard InChI is InChI=1S/C26H39N9O5/c1-17-8-12-34(22(37)7-11-28)15-20(17)33(2)23-18-9-13-35(24(18)31-16-30-23)26(39)29-14-21(36)32-19(25(38)40-3)6-4-5-10-27/h9,13,16-17,19-21,32,36H,4-8,10,12,14-15,27H2,1-3H3,(H,29,39)/t17-,19+,20+,21?/m1/s1. The number of methoxy groups -OCH3 is 1. The lowest BCUT2D eigenvalue weighted by molar-refractivity contribution is -0.144. The molecular weight excluding hydrogens is 518 g/mol. The molecule has 0 radical (unpaired) electrons. The van der Waals surface area contributed by atoms with Crippen LogP contribution in [0.15, 0.2) is 18.6 Å². The van der Waals surface area contributed by atoms with Crippen LogP contribution in [0.25, 0.3) is 11.0 Å². The Balaban J connectivity index is 1.69. The summed E-state index contributed by atoms with van der Waals surface area (Å²) in [5, 5.41) is 25.4. The molecule has 0 aromatic carbocycles. The molecule has 1 aliphatic heterocycles. The molecule has 2 aromatic heterocycles. The minimum Gasteiger partial charge on any atom is -0.468 e. The second kappa shape index (κ2) is 14.5. The summed E-state index contributed by atoms with van der Waals surface area (Å²) < 4.78 is 6.13. The molecule has 40 heavy (non-hydrogen) atoms. The van der Waals surface area contributed by atoms with E-state index in [4.69, 9.17) is 15.7 Å². The van der Waals surface area contributed by atoms with E-state index in [0.29, 0.717) is 49.3 Å². The molecule has 2 aromatic rings. The summed E-state index contributed by atoms with van der Waals surface area (Å²) in [6.07, 6.45) is 4.26. The fourth-order valence-corrected chi connectivity index (χ4v) is 4.96. The van der Waals surface area contributed by atoms with Crippen LogP contribution in [-0.2, 0) is 14.3 Å². The minimum absolute atomic E-state index is 0.0412. The zero-order valence-electron chi connectivity index (χ0n) is 23.2. The molecule has 14 nitrogen and oxygen atoms in total. The number of likely N-dealkylation sites (N-methyl/N-ethyl adjacent to an activating group) is 1. The Morgan fingerprint density at radius 1 is 1.35 bits per heavy atom. The maximum atomic E-state index is 13.0. The van der Waals surface area contributed by atoms with Crippen LogP contribution in [-0.4, -0.2) is 101 Å². The summed E-state index contributed by atoms with van der Waals surface area (Å²) in [6, 6.07) is 2.38. The Hall–Kier alpha value is -3.80. The number of unbranched alkanes of at least 4 members (excludes halogenated alkanes) is 1. The van der Waals surface area contributed by atoms with Crippen LogP contribution in [0.4, 0.5) is 10.6 Å². The first-order valence-corrected chi connectivity index (χ1v) is 13.4. The van der Waals surface area contributed by atoms with Crippen molar-refractivity contribution in [2.45, 2.75) is 57.3 Å². The smallest absolute Gasteiger partial charge is 0.327 e. The average molecular weight is 558 g/mol. The van der Waals surface area contributed by atoms with Crippen LogP contribution in [0.3, 0.4) is 0 Å².